The van der Waals surface area contributed by atoms with E-state index in [9.17, 15) is 29.3 Å². The molecule has 0 aliphatic heterocycles. The van der Waals surface area contributed by atoms with E-state index in [2.05, 4.69) is 10.3 Å². The molecule has 0 bridgehead atoms. The summed E-state index contributed by atoms with van der Waals surface area (Å²) >= 11 is 0. The molecule has 0 unspecified atom stereocenters. The van der Waals surface area contributed by atoms with Crippen molar-refractivity contribution in [3.63, 3.8) is 0 Å². The first kappa shape index (κ1) is 32.8. The fourth-order valence-electron chi connectivity index (χ4n) is 6.80. The molecule has 0 heterocycles. The Labute approximate surface area is 267 Å². The standard InChI is InChI=1S/C35H39N3O8/c1-20(36-45-33(41)22-11-7-5-8-12-22)31(39)24-15-16-26-27(17-24)35(3,4)28-18-25(19-29(30(26)28)38(43)44)32(40)21(2)37-46-34(42)23-13-9-6-10-14-23/h15-19,22-23H,5-14H2,1-4H3/b36-20+,37-21+. The van der Waals surface area contributed by atoms with Crippen LogP contribution in [0.3, 0.4) is 0 Å². The van der Waals surface area contributed by atoms with Crippen LogP contribution in [0.15, 0.2) is 40.6 Å². The van der Waals surface area contributed by atoms with Gasteiger partial charge in [0.2, 0.25) is 11.6 Å². The fraction of sp³-hybridized carbons (Fsp3) is 0.486. The van der Waals surface area contributed by atoms with Crippen LogP contribution in [0.1, 0.15) is 124 Å². The van der Waals surface area contributed by atoms with Gasteiger partial charge >= 0.3 is 11.9 Å². The van der Waals surface area contributed by atoms with E-state index in [0.717, 1.165) is 64.2 Å². The van der Waals surface area contributed by atoms with Crippen molar-refractivity contribution in [2.24, 2.45) is 22.1 Å². The zero-order valence-electron chi connectivity index (χ0n) is 26.7. The number of carbonyl (C=O) groups excluding carboxylic acids is 4. The predicted molar refractivity (Wildman–Crippen MR) is 171 cm³/mol. The van der Waals surface area contributed by atoms with Crippen molar-refractivity contribution in [3.8, 4) is 11.1 Å². The first-order chi connectivity index (χ1) is 21.9. The summed E-state index contributed by atoms with van der Waals surface area (Å²) in [6, 6.07) is 7.71. The van der Waals surface area contributed by atoms with E-state index in [1.807, 2.05) is 13.8 Å². The highest BCUT2D eigenvalue weighted by Crippen LogP contribution is 2.52. The molecule has 11 heteroatoms. The Morgan fingerprint density at radius 1 is 0.739 bits per heavy atom. The third-order valence-electron chi connectivity index (χ3n) is 9.55. The second kappa shape index (κ2) is 13.4. The second-order valence-corrected chi connectivity index (χ2v) is 13.1. The summed E-state index contributed by atoms with van der Waals surface area (Å²) in [5.41, 5.74) is 1.32. The average Bonchev–Trinajstić information content (AvgIpc) is 3.30. The highest BCUT2D eigenvalue weighted by Gasteiger charge is 2.41. The van der Waals surface area contributed by atoms with Gasteiger partial charge in [0, 0.05) is 22.6 Å². The third-order valence-corrected chi connectivity index (χ3v) is 9.55. The number of ketones is 2. The zero-order valence-corrected chi connectivity index (χ0v) is 26.7. The van der Waals surface area contributed by atoms with Crippen molar-refractivity contribution in [1.82, 2.24) is 0 Å². The summed E-state index contributed by atoms with van der Waals surface area (Å²) in [7, 11) is 0. The van der Waals surface area contributed by atoms with E-state index in [1.165, 1.54) is 19.9 Å². The van der Waals surface area contributed by atoms with E-state index in [-0.39, 0.29) is 40.1 Å². The van der Waals surface area contributed by atoms with Gasteiger partial charge in [0.25, 0.3) is 5.69 Å². The van der Waals surface area contributed by atoms with Crippen LogP contribution in [0.4, 0.5) is 5.69 Å². The van der Waals surface area contributed by atoms with Gasteiger partial charge in [-0.15, -0.1) is 0 Å². The number of nitrogens with zero attached hydrogens (tertiary/aromatic N) is 3. The van der Waals surface area contributed by atoms with Gasteiger partial charge in [0.05, 0.1) is 22.3 Å². The molecule has 2 aromatic rings. The minimum absolute atomic E-state index is 0.00948. The van der Waals surface area contributed by atoms with Crippen molar-refractivity contribution < 1.29 is 33.8 Å². The van der Waals surface area contributed by atoms with Gasteiger partial charge in [-0.2, -0.15) is 0 Å². The van der Waals surface area contributed by atoms with Crippen LogP contribution in [0.5, 0.6) is 0 Å². The van der Waals surface area contributed by atoms with Gasteiger partial charge in [0.15, 0.2) is 0 Å². The molecule has 46 heavy (non-hydrogen) atoms. The van der Waals surface area contributed by atoms with Crippen molar-refractivity contribution in [3.05, 3.63) is 62.7 Å². The number of hydrogen-bond donors (Lipinski definition) is 0. The Balaban J connectivity index is 1.40. The maximum atomic E-state index is 13.4. The lowest BCUT2D eigenvalue weighted by Gasteiger charge is -2.22. The SMILES string of the molecule is C/C(=N\OC(=O)C1CCCCC1)C(=O)c1ccc2c(c1)C(C)(C)c1cc(C(=O)/C(C)=N/OC(=O)C3CCCCC3)cc([N+](=O)[O-])c1-2. The number of fused-ring (bicyclic) bond motifs is 3. The van der Waals surface area contributed by atoms with E-state index in [1.54, 1.807) is 24.3 Å². The molecule has 11 nitrogen and oxygen atoms in total. The summed E-state index contributed by atoms with van der Waals surface area (Å²) in [6.07, 6.45) is 8.93. The highest BCUT2D eigenvalue weighted by molar-refractivity contribution is 6.45. The first-order valence-electron chi connectivity index (χ1n) is 16.0. The average molecular weight is 630 g/mol. The Morgan fingerprint density at radius 2 is 1.22 bits per heavy atom. The second-order valence-electron chi connectivity index (χ2n) is 13.1. The van der Waals surface area contributed by atoms with Crippen molar-refractivity contribution >= 4 is 40.6 Å². The summed E-state index contributed by atoms with van der Waals surface area (Å²) in [4.78, 5) is 73.5. The Bertz CT molecular complexity index is 1660. The molecular weight excluding hydrogens is 590 g/mol. The van der Waals surface area contributed by atoms with Crippen LogP contribution in [0.25, 0.3) is 11.1 Å². The molecule has 242 valence electrons. The van der Waals surface area contributed by atoms with Crippen LogP contribution in [0.2, 0.25) is 0 Å². The third kappa shape index (κ3) is 6.54. The zero-order chi connectivity index (χ0) is 33.2. The lowest BCUT2D eigenvalue weighted by Crippen LogP contribution is -2.21. The van der Waals surface area contributed by atoms with E-state index in [0.29, 0.717) is 22.3 Å². The van der Waals surface area contributed by atoms with Crippen LogP contribution in [0, 0.1) is 22.0 Å². The van der Waals surface area contributed by atoms with Crippen LogP contribution >= 0.6 is 0 Å². The number of nitro groups is 1. The van der Waals surface area contributed by atoms with E-state index >= 15 is 0 Å². The summed E-state index contributed by atoms with van der Waals surface area (Å²) in [5, 5.41) is 19.9. The van der Waals surface area contributed by atoms with Crippen LogP contribution in [-0.2, 0) is 24.7 Å². The van der Waals surface area contributed by atoms with Crippen molar-refractivity contribution in [1.29, 1.82) is 0 Å². The number of rotatable bonds is 9. The summed E-state index contributed by atoms with van der Waals surface area (Å²) < 4.78 is 0. The molecule has 3 aliphatic carbocycles. The molecular formula is C35H39N3O8. The minimum atomic E-state index is -0.820. The number of hydrogen-bond acceptors (Lipinski definition) is 10. The number of Topliss-reactive ketones (excluding diaryl/α,β-unsaturated/α-hetero) is 2. The van der Waals surface area contributed by atoms with Gasteiger partial charge in [-0.05, 0) is 68.4 Å². The summed E-state index contributed by atoms with van der Waals surface area (Å²) in [5.74, 6) is -2.40. The smallest absolute Gasteiger partial charge is 0.318 e. The number of nitro benzene ring substituents is 1. The monoisotopic (exact) mass is 629 g/mol. The molecule has 0 saturated heterocycles. The van der Waals surface area contributed by atoms with Gasteiger partial charge in [0.1, 0.15) is 11.4 Å². The molecule has 2 fully saturated rings. The number of oxime groups is 2. The van der Waals surface area contributed by atoms with Gasteiger partial charge < -0.3 is 9.68 Å². The largest absolute Gasteiger partial charge is 0.338 e. The number of benzene rings is 2. The molecule has 5 rings (SSSR count). The van der Waals surface area contributed by atoms with Gasteiger partial charge in [-0.1, -0.05) is 74.8 Å². The first-order valence-corrected chi connectivity index (χ1v) is 16.0. The molecule has 0 amide bonds. The Hall–Kier alpha value is -4.54. The van der Waals surface area contributed by atoms with Crippen molar-refractivity contribution in [2.45, 2.75) is 97.3 Å². The Kier molecular flexibility index (Phi) is 9.60. The highest BCUT2D eigenvalue weighted by atomic mass is 16.7. The number of carbonyl (C=O) groups is 4. The fourth-order valence-corrected chi connectivity index (χ4v) is 6.80. The molecule has 2 aromatic carbocycles. The maximum Gasteiger partial charge on any atom is 0.338 e. The maximum absolute atomic E-state index is 13.4. The van der Waals surface area contributed by atoms with Crippen LogP contribution < -0.4 is 0 Å². The molecule has 0 radical (unpaired) electrons. The molecule has 3 aliphatic rings. The molecule has 0 aromatic heterocycles. The van der Waals surface area contributed by atoms with Crippen molar-refractivity contribution in [2.75, 3.05) is 0 Å². The van der Waals surface area contributed by atoms with E-state index < -0.39 is 33.8 Å². The Morgan fingerprint density at radius 3 is 1.72 bits per heavy atom. The lowest BCUT2D eigenvalue weighted by atomic mass is 9.81. The minimum Gasteiger partial charge on any atom is -0.318 e. The topological polar surface area (TPSA) is 155 Å². The molecule has 0 spiro atoms. The van der Waals surface area contributed by atoms with E-state index in [4.69, 9.17) is 9.68 Å². The van der Waals surface area contributed by atoms with Gasteiger partial charge in [-0.3, -0.25) is 19.7 Å². The van der Waals surface area contributed by atoms with Gasteiger partial charge in [-0.25, -0.2) is 9.59 Å². The van der Waals surface area contributed by atoms with Crippen LogP contribution in [-0.4, -0.2) is 39.9 Å². The molecule has 0 N–H and O–H groups in total. The summed E-state index contributed by atoms with van der Waals surface area (Å²) in [6.45, 7) is 6.61. The predicted octanol–water partition coefficient (Wildman–Crippen LogP) is 7.27. The normalized spacial score (nSPS) is 18.3. The quantitative estimate of drug-likeness (QED) is 0.0922. The molecule has 2 saturated carbocycles. The molecule has 0 atom stereocenters. The lowest BCUT2D eigenvalue weighted by molar-refractivity contribution is -0.384.